The molecule has 0 atom stereocenters. The molecule has 0 unspecified atom stereocenters. The molecule has 3 N–H and O–H groups in total. The summed E-state index contributed by atoms with van der Waals surface area (Å²) < 4.78 is 0. The van der Waals surface area contributed by atoms with Gasteiger partial charge in [-0.05, 0) is 55.9 Å². The number of aliphatic hydroxyl groups is 1. The first-order valence-corrected chi connectivity index (χ1v) is 6.68. The quantitative estimate of drug-likeness (QED) is 0.802. The summed E-state index contributed by atoms with van der Waals surface area (Å²) >= 11 is 0. The molecule has 0 fully saturated rings. The highest BCUT2D eigenvalue weighted by atomic mass is 16.7. The number of hydrogen-bond acceptors (Lipinski definition) is 5. The zero-order valence-corrected chi connectivity index (χ0v) is 12.9. The molecular formula is C15H24N2O3. The predicted octanol–water partition coefficient (Wildman–Crippen LogP) is 1.63. The van der Waals surface area contributed by atoms with Crippen molar-refractivity contribution in [2.24, 2.45) is 5.90 Å². The summed E-state index contributed by atoms with van der Waals surface area (Å²) in [5, 5.41) is 9.06. The first-order valence-electron chi connectivity index (χ1n) is 6.68. The van der Waals surface area contributed by atoms with Crippen LogP contribution in [-0.4, -0.2) is 31.8 Å². The van der Waals surface area contributed by atoms with Gasteiger partial charge in [0.15, 0.2) is 0 Å². The molecule has 0 saturated carbocycles. The fourth-order valence-corrected chi connectivity index (χ4v) is 2.78. The molecule has 20 heavy (non-hydrogen) atoms. The average molecular weight is 280 g/mol. The molecule has 5 heteroatoms. The first-order chi connectivity index (χ1) is 9.36. The van der Waals surface area contributed by atoms with Crippen molar-refractivity contribution >= 4 is 11.7 Å². The first kappa shape index (κ1) is 16.5. The fraction of sp³-hybridized carbons (Fsp3) is 0.533. The van der Waals surface area contributed by atoms with Crippen molar-refractivity contribution in [2.75, 3.05) is 25.6 Å². The van der Waals surface area contributed by atoms with E-state index in [1.165, 1.54) is 0 Å². The lowest BCUT2D eigenvalue weighted by Gasteiger charge is -2.25. The van der Waals surface area contributed by atoms with Gasteiger partial charge >= 0.3 is 5.97 Å². The van der Waals surface area contributed by atoms with Gasteiger partial charge in [0, 0.05) is 26.4 Å². The molecule has 0 aliphatic heterocycles. The molecule has 0 spiro atoms. The van der Waals surface area contributed by atoms with Crippen LogP contribution in [0.15, 0.2) is 0 Å². The molecular weight excluding hydrogens is 256 g/mol. The Kier molecular flexibility index (Phi) is 5.53. The van der Waals surface area contributed by atoms with E-state index in [4.69, 9.17) is 11.0 Å². The Morgan fingerprint density at radius 1 is 1.20 bits per heavy atom. The SMILES string of the molecule is Cc1c(C)c(N(C)C)c(C)c(CCCO)c1C(=O)ON. The van der Waals surface area contributed by atoms with E-state index in [1.54, 1.807) is 0 Å². The van der Waals surface area contributed by atoms with Crippen molar-refractivity contribution in [1.29, 1.82) is 0 Å². The normalized spacial score (nSPS) is 10.6. The zero-order valence-electron chi connectivity index (χ0n) is 12.9. The number of carbonyl (C=O) groups is 1. The van der Waals surface area contributed by atoms with Gasteiger partial charge in [0.1, 0.15) is 0 Å². The summed E-state index contributed by atoms with van der Waals surface area (Å²) in [5.74, 6) is 4.54. The van der Waals surface area contributed by atoms with E-state index in [0.29, 0.717) is 18.4 Å². The van der Waals surface area contributed by atoms with Crippen molar-refractivity contribution in [3.05, 3.63) is 27.8 Å². The van der Waals surface area contributed by atoms with Gasteiger partial charge in [-0.15, -0.1) is 0 Å². The molecule has 0 heterocycles. The molecule has 0 amide bonds. The predicted molar refractivity (Wildman–Crippen MR) is 80.0 cm³/mol. The minimum absolute atomic E-state index is 0.0841. The van der Waals surface area contributed by atoms with Crippen LogP contribution in [0.3, 0.4) is 0 Å². The van der Waals surface area contributed by atoms with E-state index in [0.717, 1.165) is 27.9 Å². The van der Waals surface area contributed by atoms with Crippen LogP contribution in [0.1, 0.15) is 39.0 Å². The van der Waals surface area contributed by atoms with Crippen LogP contribution >= 0.6 is 0 Å². The molecule has 0 radical (unpaired) electrons. The summed E-state index contributed by atoms with van der Waals surface area (Å²) in [6, 6.07) is 0. The van der Waals surface area contributed by atoms with E-state index in [1.807, 2.05) is 39.8 Å². The average Bonchev–Trinajstić information content (AvgIpc) is 2.40. The monoisotopic (exact) mass is 280 g/mol. The van der Waals surface area contributed by atoms with Gasteiger partial charge in [0.25, 0.3) is 0 Å². The number of aliphatic hydroxyl groups excluding tert-OH is 1. The maximum atomic E-state index is 12.0. The van der Waals surface area contributed by atoms with Gasteiger partial charge in [0.2, 0.25) is 0 Å². The molecule has 1 rings (SSSR count). The molecule has 112 valence electrons. The number of benzene rings is 1. The topological polar surface area (TPSA) is 75.8 Å². The Labute approximate surface area is 120 Å². The Bertz CT molecular complexity index is 511. The molecule has 1 aromatic rings. The maximum Gasteiger partial charge on any atom is 0.357 e. The second-order valence-corrected chi connectivity index (χ2v) is 5.20. The van der Waals surface area contributed by atoms with Gasteiger partial charge in [-0.2, -0.15) is 5.90 Å². The highest BCUT2D eigenvalue weighted by Crippen LogP contribution is 2.33. The summed E-state index contributed by atoms with van der Waals surface area (Å²) in [4.78, 5) is 18.5. The van der Waals surface area contributed by atoms with Crippen LogP contribution < -0.4 is 10.8 Å². The third kappa shape index (κ3) is 2.94. The number of rotatable bonds is 5. The summed E-state index contributed by atoms with van der Waals surface area (Å²) in [7, 11) is 3.96. The molecule has 0 aliphatic carbocycles. The second kappa shape index (κ2) is 6.72. The lowest BCUT2D eigenvalue weighted by Crippen LogP contribution is -2.20. The van der Waals surface area contributed by atoms with E-state index in [-0.39, 0.29) is 6.61 Å². The van der Waals surface area contributed by atoms with Crippen molar-refractivity contribution in [1.82, 2.24) is 0 Å². The van der Waals surface area contributed by atoms with E-state index >= 15 is 0 Å². The molecule has 0 bridgehead atoms. The number of hydrogen-bond donors (Lipinski definition) is 2. The van der Waals surface area contributed by atoms with Crippen LogP contribution in [0, 0.1) is 20.8 Å². The molecule has 0 aromatic heterocycles. The van der Waals surface area contributed by atoms with E-state index < -0.39 is 5.97 Å². The van der Waals surface area contributed by atoms with E-state index in [2.05, 4.69) is 4.84 Å². The van der Waals surface area contributed by atoms with Crippen molar-refractivity contribution in [3.63, 3.8) is 0 Å². The van der Waals surface area contributed by atoms with Gasteiger partial charge in [0.05, 0.1) is 5.56 Å². The second-order valence-electron chi connectivity index (χ2n) is 5.20. The molecule has 0 saturated heterocycles. The minimum Gasteiger partial charge on any atom is -0.396 e. The third-order valence-electron chi connectivity index (χ3n) is 3.75. The number of anilines is 1. The highest BCUT2D eigenvalue weighted by Gasteiger charge is 2.23. The van der Waals surface area contributed by atoms with Crippen LogP contribution in [-0.2, 0) is 11.3 Å². The van der Waals surface area contributed by atoms with E-state index in [9.17, 15) is 4.79 Å². The third-order valence-corrected chi connectivity index (χ3v) is 3.75. The minimum atomic E-state index is -0.521. The molecule has 5 nitrogen and oxygen atoms in total. The number of nitrogens with zero attached hydrogens (tertiary/aromatic N) is 1. The van der Waals surface area contributed by atoms with Crippen LogP contribution in [0.2, 0.25) is 0 Å². The van der Waals surface area contributed by atoms with Crippen molar-refractivity contribution in [3.8, 4) is 0 Å². The standard InChI is InChI=1S/C15H24N2O3/c1-9-10(2)14(17(4)5)11(3)12(7-6-8-18)13(9)15(19)20-16/h18H,6-8,16H2,1-5H3. The lowest BCUT2D eigenvalue weighted by molar-refractivity contribution is 0.0501. The Morgan fingerprint density at radius 2 is 1.80 bits per heavy atom. The summed E-state index contributed by atoms with van der Waals surface area (Å²) in [6.45, 7) is 5.96. The van der Waals surface area contributed by atoms with Crippen LogP contribution in [0.25, 0.3) is 0 Å². The Hall–Kier alpha value is -1.59. The summed E-state index contributed by atoms with van der Waals surface area (Å²) in [6.07, 6.45) is 1.22. The van der Waals surface area contributed by atoms with Gasteiger partial charge in [-0.1, -0.05) is 0 Å². The number of nitrogens with two attached hydrogens (primary N) is 1. The summed E-state index contributed by atoms with van der Waals surface area (Å²) in [5.41, 5.74) is 5.49. The Morgan fingerprint density at radius 3 is 2.25 bits per heavy atom. The number of carbonyl (C=O) groups excluding carboxylic acids is 1. The van der Waals surface area contributed by atoms with Crippen LogP contribution in [0.4, 0.5) is 5.69 Å². The largest absolute Gasteiger partial charge is 0.396 e. The van der Waals surface area contributed by atoms with Crippen molar-refractivity contribution in [2.45, 2.75) is 33.6 Å². The van der Waals surface area contributed by atoms with Gasteiger partial charge < -0.3 is 14.8 Å². The fourth-order valence-electron chi connectivity index (χ4n) is 2.78. The van der Waals surface area contributed by atoms with Gasteiger partial charge in [-0.25, -0.2) is 4.79 Å². The van der Waals surface area contributed by atoms with Crippen molar-refractivity contribution < 1.29 is 14.7 Å². The lowest BCUT2D eigenvalue weighted by atomic mass is 9.88. The molecule has 1 aromatic carbocycles. The molecule has 0 aliphatic rings. The Balaban J connectivity index is 3.61. The van der Waals surface area contributed by atoms with Gasteiger partial charge in [-0.3, -0.25) is 0 Å². The maximum absolute atomic E-state index is 12.0. The zero-order chi connectivity index (χ0) is 15.4. The smallest absolute Gasteiger partial charge is 0.357 e. The van der Waals surface area contributed by atoms with Crippen LogP contribution in [0.5, 0.6) is 0 Å². The highest BCUT2D eigenvalue weighted by molar-refractivity contribution is 5.95.